The summed E-state index contributed by atoms with van der Waals surface area (Å²) < 4.78 is 0. The highest BCUT2D eigenvalue weighted by Crippen LogP contribution is 2.04. The van der Waals surface area contributed by atoms with E-state index in [2.05, 4.69) is 45.3 Å². The summed E-state index contributed by atoms with van der Waals surface area (Å²) in [6, 6.07) is 0.199. The van der Waals surface area contributed by atoms with E-state index in [1.807, 2.05) is 48.5 Å². The third-order valence-electron chi connectivity index (χ3n) is 10.6. The van der Waals surface area contributed by atoms with Crippen LogP contribution in [0.25, 0.3) is 0 Å². The normalized spacial score (nSPS) is 12.9. The molecule has 0 fully saturated rings. The second kappa shape index (κ2) is 132. The molecule has 0 aliphatic rings. The van der Waals surface area contributed by atoms with Crippen LogP contribution in [0.5, 0.6) is 0 Å². The SMILES string of the molecule is CC(N)C(C)N.CC(N)CO.CC(O)CCCC(C)O.CC(O)CN.CCCC(O)NCC.CCCCC(C)O.CCCCC(O)CC.CCCCCC(C)O.CCCCO.CCNCCO.NCCCCCN.NCCCCO.NCCCN.NCCCO. The average molecular weight is 1330 g/mol. The lowest BCUT2D eigenvalue weighted by Gasteiger charge is -2.07. The molecule has 0 heterocycles. The van der Waals surface area contributed by atoms with Gasteiger partial charge in [0.2, 0.25) is 0 Å². The van der Waals surface area contributed by atoms with Crippen molar-refractivity contribution in [3.8, 4) is 0 Å². The van der Waals surface area contributed by atoms with Crippen LogP contribution < -0.4 is 68.0 Å². The van der Waals surface area contributed by atoms with Gasteiger partial charge in [-0.2, -0.15) is 0 Å². The minimum atomic E-state index is -0.338. The molecule has 90 heavy (non-hydrogen) atoms. The van der Waals surface area contributed by atoms with Gasteiger partial charge in [0.15, 0.2) is 0 Å². The fourth-order valence-corrected chi connectivity index (χ4v) is 4.50. The number of likely N-dealkylation sites (N-methyl/N-ethyl adjacent to an activating group) is 1. The highest BCUT2D eigenvalue weighted by atomic mass is 16.3. The summed E-state index contributed by atoms with van der Waals surface area (Å²) >= 11 is 0. The van der Waals surface area contributed by atoms with Crippen molar-refractivity contribution in [2.45, 2.75) is 332 Å². The number of rotatable bonds is 38. The molecule has 0 aliphatic heterocycles. The molecule has 10 unspecified atom stereocenters. The van der Waals surface area contributed by atoms with Crippen molar-refractivity contribution >= 4 is 0 Å². The maximum atomic E-state index is 8.99. The van der Waals surface area contributed by atoms with Crippen LogP contribution in [0.1, 0.15) is 271 Å². The van der Waals surface area contributed by atoms with Crippen LogP contribution in [-0.4, -0.2) is 221 Å². The van der Waals surface area contributed by atoms with Crippen LogP contribution in [0.15, 0.2) is 0 Å². The third kappa shape index (κ3) is 257. The van der Waals surface area contributed by atoms with Gasteiger partial charge in [-0.05, 0) is 204 Å². The highest BCUT2D eigenvalue weighted by Gasteiger charge is 1.99. The summed E-state index contributed by atoms with van der Waals surface area (Å²) in [5.41, 5.74) is 51.2. The molecule has 0 spiro atoms. The number of aliphatic hydroxyl groups is 12. The maximum Gasteiger partial charge on any atom is 0.104 e. The Morgan fingerprint density at radius 1 is 0.322 bits per heavy atom. The molecule has 0 aromatic carbocycles. The van der Waals surface area contributed by atoms with E-state index in [-0.39, 0.29) is 87.4 Å². The lowest BCUT2D eigenvalue weighted by Crippen LogP contribution is -2.35. The van der Waals surface area contributed by atoms with E-state index in [1.165, 1.54) is 38.5 Å². The largest absolute Gasteiger partial charge is 0.396 e. The van der Waals surface area contributed by atoms with Crippen LogP contribution >= 0.6 is 0 Å². The summed E-state index contributed by atoms with van der Waals surface area (Å²) in [4.78, 5) is 0. The molecule has 0 amide bonds. The molecule has 0 rings (SSSR count). The lowest BCUT2D eigenvalue weighted by molar-refractivity contribution is 0.129. The maximum absolute atomic E-state index is 8.99. The van der Waals surface area contributed by atoms with E-state index in [9.17, 15) is 0 Å². The van der Waals surface area contributed by atoms with Gasteiger partial charge < -0.3 is 124 Å². The quantitative estimate of drug-likeness (QED) is 0.0304. The van der Waals surface area contributed by atoms with Gasteiger partial charge in [-0.3, -0.25) is 5.32 Å². The van der Waals surface area contributed by atoms with E-state index >= 15 is 0 Å². The monoisotopic (exact) mass is 1330 g/mol. The second-order valence-corrected chi connectivity index (χ2v) is 21.8. The summed E-state index contributed by atoms with van der Waals surface area (Å²) in [5, 5.41) is 107. The standard InChI is InChI=1S/C7H16O2.2C7H16O.C6H15NO.C6H14O.C5H14N2.C4H12N2.2C4H11NO.C4H10O.C3H10N2.3C3H9NO/c1-6(8)4-3-5-7(2)9;1-3-4-5-6-7(2)8;1-3-5-6-7(8)4-2;1-3-5-6(8)7-4-2;1-3-4-5-6(2)7;6-4-2-1-3-5-7;1-3(5)4(2)6;1-2-5-3-4-6;5-3-1-2-4-6;1-2-3-4-5;4-2-1-3-5;1-3(4)2-5;1-3(5)2-4;4-2-1-3-5/h6-9H,3-5H2,1-2H3;2*7-8H,3-6H2,1-2H3;6-8H,3-5H2,1-2H3;6-7H,3-5H2,1-2H3;1-7H2;3-4H,5-6H2,1-2H3;5-6H,2-4H2,1H3;6H,1-5H2;5H,2-4H2,1H3;1-5H2;2*3,5H,2,4H2,1H3;5H,1-4H2. The van der Waals surface area contributed by atoms with Crippen molar-refractivity contribution in [1.82, 2.24) is 10.6 Å². The van der Waals surface area contributed by atoms with Crippen molar-refractivity contribution in [1.29, 1.82) is 0 Å². The van der Waals surface area contributed by atoms with Gasteiger partial charge in [-0.25, -0.2) is 0 Å². The molecular formula is C66H172N12O12. The minimum Gasteiger partial charge on any atom is -0.396 e. The highest BCUT2D eigenvalue weighted by molar-refractivity contribution is 4.63. The molecule has 0 aliphatic carbocycles. The van der Waals surface area contributed by atoms with Gasteiger partial charge >= 0.3 is 0 Å². The summed E-state index contributed by atoms with van der Waals surface area (Å²) in [5.74, 6) is 0. The second-order valence-electron chi connectivity index (χ2n) is 21.8. The molecule has 0 aromatic heterocycles. The van der Waals surface area contributed by atoms with Crippen LogP contribution in [0.3, 0.4) is 0 Å². The first kappa shape index (κ1) is 123. The summed E-state index contributed by atoms with van der Waals surface area (Å²) in [6.45, 7) is 39.3. The zero-order chi connectivity index (χ0) is 73.5. The first-order valence-electron chi connectivity index (χ1n) is 34.9. The topological polar surface area (TPSA) is 527 Å². The molecule has 0 saturated heterocycles. The van der Waals surface area contributed by atoms with Crippen molar-refractivity contribution in [2.24, 2.45) is 57.3 Å². The van der Waals surface area contributed by atoms with Crippen LogP contribution in [-0.2, 0) is 0 Å². The van der Waals surface area contributed by atoms with Gasteiger partial charge in [0.25, 0.3) is 0 Å². The smallest absolute Gasteiger partial charge is 0.104 e. The Bertz CT molecular complexity index is 904. The average Bonchev–Trinajstić information content (AvgIpc) is 3.50. The van der Waals surface area contributed by atoms with Gasteiger partial charge in [0.05, 0.1) is 49.8 Å². The number of nitrogens with two attached hydrogens (primary N) is 10. The molecule has 0 bridgehead atoms. The zero-order valence-corrected chi connectivity index (χ0v) is 62.2. The van der Waals surface area contributed by atoms with Gasteiger partial charge in [0.1, 0.15) is 6.23 Å². The zero-order valence-electron chi connectivity index (χ0n) is 62.2. The number of hydrogen-bond donors (Lipinski definition) is 24. The Hall–Kier alpha value is -0.960. The third-order valence-corrected chi connectivity index (χ3v) is 10.6. The molecule has 34 N–H and O–H groups in total. The number of nitrogens with one attached hydrogen (secondary N) is 2. The first-order valence-corrected chi connectivity index (χ1v) is 34.9. The first-order chi connectivity index (χ1) is 42.5. The molecule has 0 aromatic rings. The molecule has 0 saturated carbocycles. The molecule has 0 radical (unpaired) electrons. The van der Waals surface area contributed by atoms with Gasteiger partial charge in [0, 0.05) is 51.0 Å². The number of aliphatic hydroxyl groups excluding tert-OH is 12. The number of unbranched alkanes of at least 4 members (excludes halogenated alkanes) is 8. The fraction of sp³-hybridized carbons (Fsp3) is 1.00. The van der Waals surface area contributed by atoms with E-state index in [4.69, 9.17) is 119 Å². The minimum absolute atomic E-state index is 0.0463. The summed E-state index contributed by atoms with van der Waals surface area (Å²) in [6.07, 6.45) is 24.2. The fourth-order valence-electron chi connectivity index (χ4n) is 4.50. The Balaban J connectivity index is -0.0000000578. The van der Waals surface area contributed by atoms with E-state index in [0.29, 0.717) is 26.2 Å². The van der Waals surface area contributed by atoms with Crippen LogP contribution in [0, 0.1) is 0 Å². The Labute approximate surface area is 558 Å². The Morgan fingerprint density at radius 3 is 0.833 bits per heavy atom. The Kier molecular flexibility index (Phi) is 180. The predicted octanol–water partition coefficient (Wildman–Crippen LogP) is 4.20. The molecule has 10 atom stereocenters. The van der Waals surface area contributed by atoms with Crippen molar-refractivity contribution < 1.29 is 61.3 Å². The number of hydrogen-bond acceptors (Lipinski definition) is 24. The molecular weight excluding hydrogens is 1150 g/mol. The van der Waals surface area contributed by atoms with Gasteiger partial charge in [-0.1, -0.05) is 120 Å². The van der Waals surface area contributed by atoms with E-state index < -0.39 is 0 Å². The summed E-state index contributed by atoms with van der Waals surface area (Å²) in [7, 11) is 0. The Morgan fingerprint density at radius 2 is 0.656 bits per heavy atom. The van der Waals surface area contributed by atoms with Crippen molar-refractivity contribution in [2.75, 3.05) is 98.5 Å². The van der Waals surface area contributed by atoms with E-state index in [0.717, 1.165) is 168 Å². The predicted molar refractivity (Wildman–Crippen MR) is 392 cm³/mol. The molecule has 24 nitrogen and oxygen atoms in total. The van der Waals surface area contributed by atoms with Crippen LogP contribution in [0.2, 0.25) is 0 Å². The molecule has 568 valence electrons. The van der Waals surface area contributed by atoms with Crippen molar-refractivity contribution in [3.05, 3.63) is 0 Å². The van der Waals surface area contributed by atoms with Crippen molar-refractivity contribution in [3.63, 3.8) is 0 Å². The van der Waals surface area contributed by atoms with E-state index in [1.54, 1.807) is 27.7 Å². The lowest BCUT2D eigenvalue weighted by atomic mass is 10.1. The molecule has 24 heteroatoms. The van der Waals surface area contributed by atoms with Crippen LogP contribution in [0.4, 0.5) is 0 Å². The van der Waals surface area contributed by atoms with Gasteiger partial charge in [-0.15, -0.1) is 0 Å².